The lowest BCUT2D eigenvalue weighted by atomic mass is 10.0. The Morgan fingerprint density at radius 1 is 1.25 bits per heavy atom. The molecule has 1 aromatic carbocycles. The summed E-state index contributed by atoms with van der Waals surface area (Å²) in [5.41, 5.74) is 0.716. The number of benzene rings is 1. The second-order valence-electron chi connectivity index (χ2n) is 4.66. The summed E-state index contributed by atoms with van der Waals surface area (Å²) in [4.78, 5) is 11.3. The van der Waals surface area contributed by atoms with Gasteiger partial charge in [0.25, 0.3) is 0 Å². The van der Waals surface area contributed by atoms with E-state index in [2.05, 4.69) is 0 Å². The fourth-order valence-corrected chi connectivity index (χ4v) is 2.04. The molecule has 1 atom stereocenters. The molecule has 0 bridgehead atoms. The Morgan fingerprint density at radius 3 is 2.70 bits per heavy atom. The van der Waals surface area contributed by atoms with Crippen molar-refractivity contribution in [1.29, 1.82) is 0 Å². The average Bonchev–Trinajstić information content (AvgIpc) is 2.45. The van der Waals surface area contributed by atoms with Crippen LogP contribution in [-0.4, -0.2) is 18.3 Å². The normalized spacial score (nSPS) is 12.1. The van der Waals surface area contributed by atoms with Crippen LogP contribution in [0.15, 0.2) is 51.7 Å². The van der Waals surface area contributed by atoms with Crippen molar-refractivity contribution in [1.82, 2.24) is 0 Å². The molecule has 0 fully saturated rings. The molecule has 0 saturated heterocycles. The van der Waals surface area contributed by atoms with E-state index in [9.17, 15) is 9.90 Å². The van der Waals surface area contributed by atoms with Crippen molar-refractivity contribution in [3.8, 4) is 5.75 Å². The van der Waals surface area contributed by atoms with E-state index in [1.165, 1.54) is 18.7 Å². The molecule has 2 rings (SSSR count). The van der Waals surface area contributed by atoms with Gasteiger partial charge in [-0.2, -0.15) is 0 Å². The Labute approximate surface area is 117 Å². The summed E-state index contributed by atoms with van der Waals surface area (Å²) >= 11 is 0. The maximum absolute atomic E-state index is 11.3. The maximum Gasteiger partial charge on any atom is 0.339 e. The molecule has 0 radical (unpaired) electrons. The van der Waals surface area contributed by atoms with Crippen LogP contribution in [0.2, 0.25) is 0 Å². The second-order valence-corrected chi connectivity index (χ2v) is 4.66. The van der Waals surface area contributed by atoms with Crippen LogP contribution in [0.3, 0.4) is 0 Å². The molecule has 4 heteroatoms. The quantitative estimate of drug-likeness (QED) is 0.877. The third kappa shape index (κ3) is 4.24. The van der Waals surface area contributed by atoms with Crippen molar-refractivity contribution in [2.24, 2.45) is 0 Å². The van der Waals surface area contributed by atoms with Gasteiger partial charge >= 0.3 is 5.63 Å². The number of aryl methyl sites for hydroxylation is 1. The third-order valence-electron chi connectivity index (χ3n) is 3.08. The summed E-state index contributed by atoms with van der Waals surface area (Å²) < 4.78 is 10.1. The number of aliphatic hydroxyl groups is 1. The van der Waals surface area contributed by atoms with Gasteiger partial charge in [-0.25, -0.2) is 4.79 Å². The van der Waals surface area contributed by atoms with Crippen LogP contribution in [0.5, 0.6) is 5.75 Å². The molecule has 0 aliphatic heterocycles. The molecule has 1 N–H and O–H groups in total. The Bertz CT molecular complexity index is 589. The highest BCUT2D eigenvalue weighted by Gasteiger charge is 2.10. The molecule has 0 spiro atoms. The summed E-state index contributed by atoms with van der Waals surface area (Å²) in [7, 11) is 1.49. The van der Waals surface area contributed by atoms with Gasteiger partial charge in [-0.1, -0.05) is 30.3 Å². The zero-order valence-corrected chi connectivity index (χ0v) is 11.4. The van der Waals surface area contributed by atoms with Crippen LogP contribution in [0, 0.1) is 0 Å². The lowest BCUT2D eigenvalue weighted by Crippen LogP contribution is -2.13. The molecule has 1 unspecified atom stereocenters. The standard InChI is InChI=1S/C16H18O4/c1-19-14-10-15(20-16(18)11-14)9-13(17)8-7-12-5-3-2-4-6-12/h2-6,10-11,13,17H,7-9H2,1H3. The largest absolute Gasteiger partial charge is 0.496 e. The van der Waals surface area contributed by atoms with Crippen molar-refractivity contribution in [2.45, 2.75) is 25.4 Å². The molecule has 106 valence electrons. The number of ether oxygens (including phenoxy) is 1. The molecule has 20 heavy (non-hydrogen) atoms. The van der Waals surface area contributed by atoms with E-state index < -0.39 is 11.7 Å². The topological polar surface area (TPSA) is 59.7 Å². The van der Waals surface area contributed by atoms with Crippen LogP contribution < -0.4 is 10.4 Å². The molecular formula is C16H18O4. The van der Waals surface area contributed by atoms with Gasteiger partial charge in [0.1, 0.15) is 11.5 Å². The molecule has 1 aromatic heterocycles. The molecule has 2 aromatic rings. The highest BCUT2D eigenvalue weighted by Crippen LogP contribution is 2.13. The monoisotopic (exact) mass is 274 g/mol. The number of hydrogen-bond donors (Lipinski definition) is 1. The van der Waals surface area contributed by atoms with Crippen molar-refractivity contribution in [3.05, 3.63) is 64.2 Å². The molecule has 0 aliphatic carbocycles. The van der Waals surface area contributed by atoms with Crippen molar-refractivity contribution in [2.75, 3.05) is 7.11 Å². The van der Waals surface area contributed by atoms with Gasteiger partial charge in [0, 0.05) is 12.5 Å². The van der Waals surface area contributed by atoms with E-state index in [4.69, 9.17) is 9.15 Å². The fourth-order valence-electron chi connectivity index (χ4n) is 2.04. The highest BCUT2D eigenvalue weighted by molar-refractivity contribution is 5.21. The van der Waals surface area contributed by atoms with Gasteiger partial charge in [0.2, 0.25) is 0 Å². The lowest BCUT2D eigenvalue weighted by molar-refractivity contribution is 0.156. The maximum atomic E-state index is 11.3. The van der Waals surface area contributed by atoms with E-state index in [1.807, 2.05) is 30.3 Å². The average molecular weight is 274 g/mol. The minimum Gasteiger partial charge on any atom is -0.496 e. The molecule has 0 aliphatic rings. The molecular weight excluding hydrogens is 256 g/mol. The van der Waals surface area contributed by atoms with E-state index in [1.54, 1.807) is 6.07 Å². The Balaban J connectivity index is 1.92. The van der Waals surface area contributed by atoms with Crippen molar-refractivity contribution >= 4 is 0 Å². The summed E-state index contributed by atoms with van der Waals surface area (Å²) in [6.07, 6.45) is 1.16. The molecule has 4 nitrogen and oxygen atoms in total. The summed E-state index contributed by atoms with van der Waals surface area (Å²) in [6, 6.07) is 12.9. The van der Waals surface area contributed by atoms with Gasteiger partial charge < -0.3 is 14.3 Å². The molecule has 0 amide bonds. The smallest absolute Gasteiger partial charge is 0.339 e. The number of aliphatic hydroxyl groups excluding tert-OH is 1. The molecule has 1 heterocycles. The van der Waals surface area contributed by atoms with E-state index >= 15 is 0 Å². The number of methoxy groups -OCH3 is 1. The van der Waals surface area contributed by atoms with Gasteiger partial charge in [0.15, 0.2) is 0 Å². The van der Waals surface area contributed by atoms with Gasteiger partial charge in [-0.3, -0.25) is 0 Å². The van der Waals surface area contributed by atoms with Crippen LogP contribution in [0.25, 0.3) is 0 Å². The second kappa shape index (κ2) is 6.91. The van der Waals surface area contributed by atoms with Crippen molar-refractivity contribution in [3.63, 3.8) is 0 Å². The van der Waals surface area contributed by atoms with Crippen LogP contribution in [0.4, 0.5) is 0 Å². The minimum atomic E-state index is -0.550. The SMILES string of the molecule is COc1cc(CC(O)CCc2ccccc2)oc(=O)c1. The first-order valence-corrected chi connectivity index (χ1v) is 6.57. The van der Waals surface area contributed by atoms with Crippen LogP contribution in [-0.2, 0) is 12.8 Å². The van der Waals surface area contributed by atoms with E-state index in [0.29, 0.717) is 24.4 Å². The Hall–Kier alpha value is -2.07. The first kappa shape index (κ1) is 14.3. The number of rotatable bonds is 6. The van der Waals surface area contributed by atoms with Crippen LogP contribution >= 0.6 is 0 Å². The summed E-state index contributed by atoms with van der Waals surface area (Å²) in [5, 5.41) is 10.0. The van der Waals surface area contributed by atoms with Gasteiger partial charge in [-0.15, -0.1) is 0 Å². The Morgan fingerprint density at radius 2 is 2.00 bits per heavy atom. The Kier molecular flexibility index (Phi) is 4.96. The lowest BCUT2D eigenvalue weighted by Gasteiger charge is -2.10. The number of hydrogen-bond acceptors (Lipinski definition) is 4. The zero-order valence-electron chi connectivity index (χ0n) is 11.4. The minimum absolute atomic E-state index is 0.305. The first-order valence-electron chi connectivity index (χ1n) is 6.57. The summed E-state index contributed by atoms with van der Waals surface area (Å²) in [6.45, 7) is 0. The zero-order chi connectivity index (χ0) is 14.4. The first-order chi connectivity index (χ1) is 9.67. The predicted octanol–water partition coefficient (Wildman–Crippen LogP) is 2.18. The third-order valence-corrected chi connectivity index (χ3v) is 3.08. The predicted molar refractivity (Wildman–Crippen MR) is 76.0 cm³/mol. The summed E-state index contributed by atoms with van der Waals surface area (Å²) in [5.74, 6) is 0.890. The van der Waals surface area contributed by atoms with E-state index in [-0.39, 0.29) is 0 Å². The van der Waals surface area contributed by atoms with Crippen LogP contribution in [0.1, 0.15) is 17.7 Å². The van der Waals surface area contributed by atoms with Crippen molar-refractivity contribution < 1.29 is 14.3 Å². The molecule has 0 saturated carbocycles. The fraction of sp³-hybridized carbons (Fsp3) is 0.312. The van der Waals surface area contributed by atoms with Gasteiger partial charge in [0.05, 0.1) is 19.3 Å². The highest BCUT2D eigenvalue weighted by atomic mass is 16.5. The van der Waals surface area contributed by atoms with E-state index in [0.717, 1.165) is 6.42 Å². The van der Waals surface area contributed by atoms with Gasteiger partial charge in [-0.05, 0) is 18.4 Å².